The molecule has 1 fully saturated rings. The molecule has 118 valence electrons. The smallest absolute Gasteiger partial charge is 0.319 e. The van der Waals surface area contributed by atoms with Gasteiger partial charge in [0, 0.05) is 0 Å². The molecular weight excluding hydrogens is 276 g/mol. The van der Waals surface area contributed by atoms with Crippen molar-refractivity contribution in [2.24, 2.45) is 11.8 Å². The molecule has 1 aliphatic rings. The number of rotatable bonds is 6. The number of halogens is 4. The van der Waals surface area contributed by atoms with Crippen LogP contribution in [0.15, 0.2) is 0 Å². The average molecular weight is 298 g/mol. The van der Waals surface area contributed by atoms with Crippen LogP contribution in [0.1, 0.15) is 34.1 Å². The van der Waals surface area contributed by atoms with Crippen molar-refractivity contribution in [2.75, 3.05) is 6.54 Å². The maximum Gasteiger partial charge on any atom is 0.324 e. The van der Waals surface area contributed by atoms with Gasteiger partial charge in [0.25, 0.3) is 0 Å². The number of hydrogen-bond acceptors (Lipinski definition) is 2. The maximum atomic E-state index is 13.2. The van der Waals surface area contributed by atoms with E-state index >= 15 is 0 Å². The Morgan fingerprint density at radius 1 is 1.25 bits per heavy atom. The number of amides is 1. The Morgan fingerprint density at radius 2 is 1.80 bits per heavy atom. The minimum absolute atomic E-state index is 0.135. The Balaban J connectivity index is 2.88. The van der Waals surface area contributed by atoms with Crippen LogP contribution >= 0.6 is 0 Å². The third-order valence-electron chi connectivity index (χ3n) is 3.33. The molecule has 0 saturated carbocycles. The Hall–Kier alpha value is -0.850. The molecule has 3 nitrogen and oxygen atoms in total. The molecule has 1 N–H and O–H groups in total. The summed E-state index contributed by atoms with van der Waals surface area (Å²) in [6, 6.07) is -0.573. The second-order valence-electron chi connectivity index (χ2n) is 6.07. The van der Waals surface area contributed by atoms with Gasteiger partial charge in [-0.25, -0.2) is 8.78 Å². The molecule has 1 aliphatic heterocycles. The number of hydrogen-bond donors (Lipinski definition) is 1. The molecule has 0 radical (unpaired) electrons. The van der Waals surface area contributed by atoms with E-state index in [9.17, 15) is 22.4 Å². The molecule has 1 amide bonds. The van der Waals surface area contributed by atoms with E-state index < -0.39 is 37.0 Å². The highest BCUT2D eigenvalue weighted by atomic mass is 19.3. The zero-order valence-electron chi connectivity index (χ0n) is 12.2. The largest absolute Gasteiger partial charge is 0.324 e. The van der Waals surface area contributed by atoms with Gasteiger partial charge >= 0.3 is 12.3 Å². The summed E-state index contributed by atoms with van der Waals surface area (Å²) in [6.45, 7) is 6.10. The normalized spacial score (nSPS) is 24.6. The van der Waals surface area contributed by atoms with Gasteiger partial charge in [0.15, 0.2) is 0 Å². The lowest BCUT2D eigenvalue weighted by atomic mass is 10.0. The molecule has 0 aromatic heterocycles. The molecule has 0 aromatic carbocycles. The molecular formula is C13H22F4N2O. The minimum Gasteiger partial charge on any atom is -0.319 e. The van der Waals surface area contributed by atoms with Gasteiger partial charge in [-0.2, -0.15) is 8.78 Å². The van der Waals surface area contributed by atoms with Gasteiger partial charge < -0.3 is 4.90 Å². The van der Waals surface area contributed by atoms with Crippen LogP contribution in [0.5, 0.6) is 0 Å². The lowest BCUT2D eigenvalue weighted by Crippen LogP contribution is -2.49. The first-order valence-corrected chi connectivity index (χ1v) is 6.78. The van der Waals surface area contributed by atoms with E-state index in [-0.39, 0.29) is 11.8 Å². The summed E-state index contributed by atoms with van der Waals surface area (Å²) in [6.07, 6.45) is -3.90. The maximum absolute atomic E-state index is 13.2. The summed E-state index contributed by atoms with van der Waals surface area (Å²) in [5.74, 6) is -4.63. The van der Waals surface area contributed by atoms with Crippen molar-refractivity contribution in [1.29, 1.82) is 0 Å². The lowest BCUT2D eigenvalue weighted by Gasteiger charge is -2.30. The van der Waals surface area contributed by atoms with E-state index in [0.717, 1.165) is 4.90 Å². The van der Waals surface area contributed by atoms with Crippen molar-refractivity contribution in [2.45, 2.75) is 58.7 Å². The molecule has 0 bridgehead atoms. The van der Waals surface area contributed by atoms with Crippen LogP contribution in [0.2, 0.25) is 0 Å². The first-order valence-electron chi connectivity index (χ1n) is 6.78. The van der Waals surface area contributed by atoms with Crippen LogP contribution in [0.4, 0.5) is 17.6 Å². The van der Waals surface area contributed by atoms with Gasteiger partial charge in [-0.05, 0) is 18.3 Å². The van der Waals surface area contributed by atoms with Crippen molar-refractivity contribution < 1.29 is 22.4 Å². The van der Waals surface area contributed by atoms with Crippen molar-refractivity contribution in [3.8, 4) is 0 Å². The topological polar surface area (TPSA) is 32.3 Å². The first kappa shape index (κ1) is 17.2. The molecule has 2 atom stereocenters. The number of carbonyl (C=O) groups is 1. The predicted octanol–water partition coefficient (Wildman–Crippen LogP) is 2.72. The van der Waals surface area contributed by atoms with Crippen molar-refractivity contribution >= 4 is 5.91 Å². The number of carbonyl (C=O) groups excluding carboxylic acids is 1. The van der Waals surface area contributed by atoms with Gasteiger partial charge in [-0.3, -0.25) is 10.1 Å². The molecule has 2 unspecified atom stereocenters. The highest BCUT2D eigenvalue weighted by molar-refractivity contribution is 5.84. The van der Waals surface area contributed by atoms with Crippen LogP contribution < -0.4 is 5.32 Å². The summed E-state index contributed by atoms with van der Waals surface area (Å²) in [7, 11) is 0. The van der Waals surface area contributed by atoms with Crippen LogP contribution in [0, 0.1) is 11.8 Å². The third kappa shape index (κ3) is 3.84. The zero-order chi connectivity index (χ0) is 15.7. The van der Waals surface area contributed by atoms with Crippen LogP contribution in [-0.2, 0) is 4.79 Å². The second-order valence-corrected chi connectivity index (χ2v) is 6.07. The molecule has 7 heteroatoms. The van der Waals surface area contributed by atoms with Gasteiger partial charge in [-0.15, -0.1) is 0 Å². The SMILES string of the molecule is CC(C)CC1NC(C(C)C)N(CC(F)(F)C(F)F)C1=O. The van der Waals surface area contributed by atoms with E-state index in [1.54, 1.807) is 13.8 Å². The number of nitrogens with one attached hydrogen (secondary N) is 1. The van der Waals surface area contributed by atoms with Crippen LogP contribution in [0.3, 0.4) is 0 Å². The predicted molar refractivity (Wildman–Crippen MR) is 67.7 cm³/mol. The molecule has 0 aromatic rings. The molecule has 1 saturated heterocycles. The fourth-order valence-electron chi connectivity index (χ4n) is 2.37. The Labute approximate surface area is 116 Å². The summed E-state index contributed by atoms with van der Waals surface area (Å²) in [5.41, 5.74) is 0. The van der Waals surface area contributed by atoms with Crippen molar-refractivity contribution in [3.05, 3.63) is 0 Å². The fourth-order valence-corrected chi connectivity index (χ4v) is 2.37. The highest BCUT2D eigenvalue weighted by Crippen LogP contribution is 2.29. The quantitative estimate of drug-likeness (QED) is 0.765. The van der Waals surface area contributed by atoms with E-state index in [0.29, 0.717) is 6.42 Å². The van der Waals surface area contributed by atoms with E-state index in [2.05, 4.69) is 5.32 Å². The monoisotopic (exact) mass is 298 g/mol. The van der Waals surface area contributed by atoms with Crippen molar-refractivity contribution in [1.82, 2.24) is 10.2 Å². The lowest BCUT2D eigenvalue weighted by molar-refractivity contribution is -0.158. The standard InChI is InChI=1S/C13H22F4N2O/c1-7(2)5-9-11(20)19(10(18-9)8(3)4)6-13(16,17)12(14)15/h7-10,12,18H,5-6H2,1-4H3. The summed E-state index contributed by atoms with van der Waals surface area (Å²) in [4.78, 5) is 13.0. The summed E-state index contributed by atoms with van der Waals surface area (Å²) in [5, 5.41) is 2.98. The Bertz CT molecular complexity index is 347. The minimum atomic E-state index is -4.18. The second kappa shape index (κ2) is 6.28. The van der Waals surface area contributed by atoms with Crippen LogP contribution in [0.25, 0.3) is 0 Å². The summed E-state index contributed by atoms with van der Waals surface area (Å²) < 4.78 is 51.1. The third-order valence-corrected chi connectivity index (χ3v) is 3.33. The first-order chi connectivity index (χ1) is 9.06. The van der Waals surface area contributed by atoms with Crippen LogP contribution in [-0.4, -0.2) is 41.9 Å². The molecule has 1 heterocycles. The van der Waals surface area contributed by atoms with E-state index in [1.165, 1.54) is 0 Å². The number of nitrogens with zero attached hydrogens (tertiary/aromatic N) is 1. The molecule has 0 spiro atoms. The molecule has 1 rings (SSSR count). The van der Waals surface area contributed by atoms with E-state index in [1.807, 2.05) is 13.8 Å². The summed E-state index contributed by atoms with van der Waals surface area (Å²) >= 11 is 0. The molecule has 0 aliphatic carbocycles. The highest BCUT2D eigenvalue weighted by Gasteiger charge is 2.49. The van der Waals surface area contributed by atoms with Gasteiger partial charge in [0.1, 0.15) is 0 Å². The van der Waals surface area contributed by atoms with Crippen molar-refractivity contribution in [3.63, 3.8) is 0 Å². The van der Waals surface area contributed by atoms with Gasteiger partial charge in [0.05, 0.1) is 18.8 Å². The fraction of sp³-hybridized carbons (Fsp3) is 0.923. The Kier molecular flexibility index (Phi) is 5.40. The average Bonchev–Trinajstić information content (AvgIpc) is 2.56. The number of alkyl halides is 4. The molecule has 20 heavy (non-hydrogen) atoms. The zero-order valence-corrected chi connectivity index (χ0v) is 12.2. The van der Waals surface area contributed by atoms with E-state index in [4.69, 9.17) is 0 Å². The van der Waals surface area contributed by atoms with Gasteiger partial charge in [-0.1, -0.05) is 27.7 Å². The van der Waals surface area contributed by atoms with Gasteiger partial charge in [0.2, 0.25) is 5.91 Å². The Morgan fingerprint density at radius 3 is 2.20 bits per heavy atom.